The molecule has 32 heavy (non-hydrogen) atoms. The summed E-state index contributed by atoms with van der Waals surface area (Å²) in [6, 6.07) is 1.94. The maximum absolute atomic E-state index is 13.7. The van der Waals surface area contributed by atoms with Crippen molar-refractivity contribution >= 4 is 23.2 Å². The second-order valence-electron chi connectivity index (χ2n) is 7.86. The molecule has 1 aliphatic heterocycles. The van der Waals surface area contributed by atoms with Gasteiger partial charge in [-0.1, -0.05) is 0 Å². The van der Waals surface area contributed by atoms with E-state index in [1.54, 1.807) is 0 Å². The Morgan fingerprint density at radius 1 is 1.31 bits per heavy atom. The molecule has 0 unspecified atom stereocenters. The van der Waals surface area contributed by atoms with E-state index in [1.807, 2.05) is 0 Å². The molecule has 7 nitrogen and oxygen atoms in total. The fourth-order valence-electron chi connectivity index (χ4n) is 3.63. The van der Waals surface area contributed by atoms with E-state index < -0.39 is 42.6 Å². The molecule has 12 heteroatoms. The number of anilines is 2. The van der Waals surface area contributed by atoms with Gasteiger partial charge in [0, 0.05) is 25.3 Å². The van der Waals surface area contributed by atoms with Crippen molar-refractivity contribution in [3.8, 4) is 0 Å². The summed E-state index contributed by atoms with van der Waals surface area (Å²) >= 11 is 0. The molecule has 2 amide bonds. The van der Waals surface area contributed by atoms with Gasteiger partial charge in [0.25, 0.3) is 12.3 Å². The first kappa shape index (κ1) is 24.3. The Morgan fingerprint density at radius 3 is 2.59 bits per heavy atom. The molecule has 0 radical (unpaired) electrons. The van der Waals surface area contributed by atoms with Gasteiger partial charge in [0.1, 0.15) is 12.6 Å². The van der Waals surface area contributed by atoms with Crippen molar-refractivity contribution in [2.24, 2.45) is 11.7 Å². The number of carbonyl (C=O) groups is 2. The number of hydrogen-bond acceptors (Lipinski definition) is 5. The second-order valence-corrected chi connectivity index (χ2v) is 7.86. The fraction of sp³-hybridized carbons (Fsp3) is 0.600. The maximum Gasteiger partial charge on any atom is 0.418 e. The summed E-state index contributed by atoms with van der Waals surface area (Å²) in [5.41, 5.74) is 4.04. The number of ether oxygens (including phenoxy) is 1. The molecule has 1 atom stereocenters. The molecule has 0 aromatic heterocycles. The van der Waals surface area contributed by atoms with Crippen LogP contribution in [-0.4, -0.2) is 68.6 Å². The average Bonchev–Trinajstić information content (AvgIpc) is 3.52. The molecule has 1 aliphatic carbocycles. The number of morpholine rings is 1. The number of carbonyl (C=O) groups excluding carboxylic acids is 2. The highest BCUT2D eigenvalue weighted by Gasteiger charge is 2.38. The third-order valence-corrected chi connectivity index (χ3v) is 5.37. The van der Waals surface area contributed by atoms with Gasteiger partial charge in [-0.2, -0.15) is 13.2 Å². The van der Waals surface area contributed by atoms with Crippen LogP contribution in [0.5, 0.6) is 0 Å². The van der Waals surface area contributed by atoms with Crippen molar-refractivity contribution in [2.75, 3.05) is 49.6 Å². The molecule has 2 fully saturated rings. The Balaban J connectivity index is 1.82. The van der Waals surface area contributed by atoms with Gasteiger partial charge in [0.05, 0.1) is 24.4 Å². The van der Waals surface area contributed by atoms with Crippen molar-refractivity contribution in [3.05, 3.63) is 23.8 Å². The van der Waals surface area contributed by atoms with Gasteiger partial charge in [-0.25, -0.2) is 8.78 Å². The third kappa shape index (κ3) is 6.14. The van der Waals surface area contributed by atoms with Gasteiger partial charge in [0.2, 0.25) is 5.91 Å². The number of amides is 2. The Bertz CT molecular complexity index is 828. The van der Waals surface area contributed by atoms with Crippen LogP contribution in [0.3, 0.4) is 0 Å². The molecule has 178 valence electrons. The maximum atomic E-state index is 13.7. The number of alkyl halides is 5. The number of hydrogen-bond donors (Lipinski definition) is 2. The molecule has 1 heterocycles. The molecule has 0 bridgehead atoms. The van der Waals surface area contributed by atoms with E-state index in [-0.39, 0.29) is 50.1 Å². The molecular formula is C20H25F5N4O3. The summed E-state index contributed by atoms with van der Waals surface area (Å²) < 4.78 is 72.1. The molecule has 2 aliphatic rings. The highest BCUT2D eigenvalue weighted by atomic mass is 19.4. The normalized spacial score (nSPS) is 18.4. The molecule has 1 aromatic rings. The lowest BCUT2D eigenvalue weighted by Gasteiger charge is -2.30. The SMILES string of the molecule is NC[C@@H](C(=O)Nc1ccc(N2CCOCC2=O)c(C(F)(F)F)c1)N(CC(F)F)CC1CC1. The first-order chi connectivity index (χ1) is 15.1. The Hall–Kier alpha value is -2.31. The van der Waals surface area contributed by atoms with Crippen LogP contribution >= 0.6 is 0 Å². The van der Waals surface area contributed by atoms with Crippen molar-refractivity contribution in [1.82, 2.24) is 4.90 Å². The van der Waals surface area contributed by atoms with Crippen LogP contribution in [0.25, 0.3) is 0 Å². The number of halogens is 5. The number of nitrogens with one attached hydrogen (secondary N) is 1. The van der Waals surface area contributed by atoms with Crippen LogP contribution < -0.4 is 16.0 Å². The number of nitrogens with two attached hydrogens (primary N) is 1. The summed E-state index contributed by atoms with van der Waals surface area (Å²) in [6.07, 6.45) is -5.74. The summed E-state index contributed by atoms with van der Waals surface area (Å²) in [5, 5.41) is 2.36. The fourth-order valence-corrected chi connectivity index (χ4v) is 3.63. The Kier molecular flexibility index (Phi) is 7.67. The minimum Gasteiger partial charge on any atom is -0.370 e. The van der Waals surface area contributed by atoms with E-state index in [4.69, 9.17) is 10.5 Å². The number of rotatable bonds is 9. The van der Waals surface area contributed by atoms with Crippen molar-refractivity contribution in [2.45, 2.75) is 31.5 Å². The van der Waals surface area contributed by atoms with Crippen LogP contribution in [0.2, 0.25) is 0 Å². The first-order valence-electron chi connectivity index (χ1n) is 10.2. The smallest absolute Gasteiger partial charge is 0.370 e. The Morgan fingerprint density at radius 2 is 2.03 bits per heavy atom. The van der Waals surface area contributed by atoms with E-state index in [9.17, 15) is 31.5 Å². The predicted molar refractivity (Wildman–Crippen MR) is 106 cm³/mol. The molecule has 1 saturated carbocycles. The highest BCUT2D eigenvalue weighted by Crippen LogP contribution is 2.39. The summed E-state index contributed by atoms with van der Waals surface area (Å²) in [6.45, 7) is -0.914. The molecule has 3 rings (SSSR count). The van der Waals surface area contributed by atoms with Gasteiger partial charge in [0.15, 0.2) is 0 Å². The van der Waals surface area contributed by atoms with Crippen LogP contribution in [0, 0.1) is 5.92 Å². The third-order valence-electron chi connectivity index (χ3n) is 5.37. The largest absolute Gasteiger partial charge is 0.418 e. The van der Waals surface area contributed by atoms with Gasteiger partial charge in [-0.15, -0.1) is 0 Å². The predicted octanol–water partition coefficient (Wildman–Crippen LogP) is 2.31. The molecule has 1 saturated heterocycles. The van der Waals surface area contributed by atoms with Gasteiger partial charge in [-0.3, -0.25) is 14.5 Å². The lowest BCUT2D eigenvalue weighted by Crippen LogP contribution is -2.51. The van der Waals surface area contributed by atoms with Gasteiger partial charge < -0.3 is 20.7 Å². The van der Waals surface area contributed by atoms with Crippen molar-refractivity contribution in [1.29, 1.82) is 0 Å². The van der Waals surface area contributed by atoms with E-state index in [1.165, 1.54) is 11.0 Å². The van der Waals surface area contributed by atoms with E-state index in [2.05, 4.69) is 5.32 Å². The average molecular weight is 464 g/mol. The second kappa shape index (κ2) is 10.1. The van der Waals surface area contributed by atoms with Crippen molar-refractivity contribution in [3.63, 3.8) is 0 Å². The zero-order valence-corrected chi connectivity index (χ0v) is 17.2. The number of nitrogens with zero attached hydrogens (tertiary/aromatic N) is 2. The van der Waals surface area contributed by atoms with Crippen LogP contribution in [-0.2, 0) is 20.5 Å². The molecule has 1 aromatic carbocycles. The minimum absolute atomic E-state index is 0.0351. The highest BCUT2D eigenvalue weighted by molar-refractivity contribution is 5.98. The van der Waals surface area contributed by atoms with E-state index in [0.717, 1.165) is 29.9 Å². The molecule has 3 N–H and O–H groups in total. The lowest BCUT2D eigenvalue weighted by molar-refractivity contribution is -0.137. The molecule has 0 spiro atoms. The summed E-state index contributed by atoms with van der Waals surface area (Å²) in [4.78, 5) is 27.0. The van der Waals surface area contributed by atoms with E-state index >= 15 is 0 Å². The number of benzene rings is 1. The topological polar surface area (TPSA) is 87.9 Å². The van der Waals surface area contributed by atoms with E-state index in [0.29, 0.717) is 0 Å². The monoisotopic (exact) mass is 464 g/mol. The standard InChI is InChI=1S/C20H25F5N4O3/c21-17(22)10-28(9-12-1-2-12)16(8-26)19(31)27-13-3-4-15(14(7-13)20(23,24)25)29-5-6-32-11-18(29)30/h3-4,7,12,16-17H,1-2,5-6,8-11,26H2,(H,27,31)/t16-/m0/s1. The van der Waals surface area contributed by atoms with Gasteiger partial charge in [-0.05, 0) is 37.0 Å². The van der Waals surface area contributed by atoms with Crippen LogP contribution in [0.4, 0.5) is 33.3 Å². The minimum atomic E-state index is -4.80. The molecular weight excluding hydrogens is 439 g/mol. The Labute approximate surface area is 181 Å². The van der Waals surface area contributed by atoms with Crippen molar-refractivity contribution < 1.29 is 36.3 Å². The zero-order chi connectivity index (χ0) is 23.5. The lowest BCUT2D eigenvalue weighted by atomic mass is 10.1. The quantitative estimate of drug-likeness (QED) is 0.548. The van der Waals surface area contributed by atoms with Crippen LogP contribution in [0.1, 0.15) is 18.4 Å². The van der Waals surface area contributed by atoms with Gasteiger partial charge >= 0.3 is 6.18 Å². The summed E-state index contributed by atoms with van der Waals surface area (Å²) in [5.74, 6) is -1.17. The summed E-state index contributed by atoms with van der Waals surface area (Å²) in [7, 11) is 0. The zero-order valence-electron chi connectivity index (χ0n) is 17.2. The van der Waals surface area contributed by atoms with Crippen LogP contribution in [0.15, 0.2) is 18.2 Å². The first-order valence-corrected chi connectivity index (χ1v) is 10.2.